The number of rotatable bonds is 7. The van der Waals surface area contributed by atoms with Gasteiger partial charge in [-0.1, -0.05) is 42.8 Å². The van der Waals surface area contributed by atoms with Gasteiger partial charge in [-0.25, -0.2) is 8.42 Å². The molecule has 1 heterocycles. The fraction of sp³-hybridized carbons (Fsp3) is 0.636. The highest BCUT2D eigenvalue weighted by Gasteiger charge is 2.39. The standard InChI is InChI=1S/C22H34BrNO5SSi/c1-22(2,3)31(5,6)29-14-16-9-7-8-10-19(16)24(30(4,25)26)13-17-11-20-21(12-18(17)23)28-15-27-20/h9,11-12,19H,7-8,10,13-15H2,1-6H3/t19-/m0/s1. The predicted molar refractivity (Wildman–Crippen MR) is 130 cm³/mol. The molecule has 1 aliphatic carbocycles. The minimum Gasteiger partial charge on any atom is -0.454 e. The first-order chi connectivity index (χ1) is 14.3. The van der Waals surface area contributed by atoms with E-state index in [1.807, 2.05) is 12.1 Å². The minimum absolute atomic E-state index is 0.103. The maximum Gasteiger partial charge on any atom is 0.231 e. The van der Waals surface area contributed by atoms with Crippen LogP contribution in [0.25, 0.3) is 0 Å². The molecule has 1 aromatic carbocycles. The second-order valence-electron chi connectivity index (χ2n) is 9.88. The van der Waals surface area contributed by atoms with Gasteiger partial charge in [-0.15, -0.1) is 0 Å². The Morgan fingerprint density at radius 1 is 1.23 bits per heavy atom. The number of halogens is 1. The summed E-state index contributed by atoms with van der Waals surface area (Å²) in [5, 5.41) is 0.103. The van der Waals surface area contributed by atoms with Crippen LogP contribution in [0.4, 0.5) is 0 Å². The SMILES string of the molecule is CC(C)(C)[Si](C)(C)OCC1=CCCC[C@@H]1N(Cc1cc2c(cc1Br)OCO2)S(C)(=O)=O. The zero-order valence-corrected chi connectivity index (χ0v) is 22.7. The molecule has 2 aliphatic rings. The molecule has 174 valence electrons. The van der Waals surface area contributed by atoms with Gasteiger partial charge in [-0.3, -0.25) is 0 Å². The van der Waals surface area contributed by atoms with E-state index < -0.39 is 18.3 Å². The van der Waals surface area contributed by atoms with Gasteiger partial charge < -0.3 is 13.9 Å². The molecule has 0 bridgehead atoms. The molecule has 0 radical (unpaired) electrons. The Morgan fingerprint density at radius 2 is 1.87 bits per heavy atom. The quantitative estimate of drug-likeness (QED) is 0.346. The van der Waals surface area contributed by atoms with E-state index in [0.717, 1.165) is 34.9 Å². The molecule has 3 rings (SSSR count). The summed E-state index contributed by atoms with van der Waals surface area (Å²) in [5.74, 6) is 1.31. The summed E-state index contributed by atoms with van der Waals surface area (Å²) in [6.07, 6.45) is 6.17. The fourth-order valence-corrected chi connectivity index (χ4v) is 6.08. The minimum atomic E-state index is -3.45. The molecule has 0 fully saturated rings. The molecule has 1 aliphatic heterocycles. The molecule has 0 amide bonds. The van der Waals surface area contributed by atoms with Gasteiger partial charge in [0.2, 0.25) is 16.8 Å². The van der Waals surface area contributed by atoms with Crippen molar-refractivity contribution in [2.45, 2.75) is 70.8 Å². The summed E-state index contributed by atoms with van der Waals surface area (Å²) in [7, 11) is -5.39. The van der Waals surface area contributed by atoms with Crippen LogP contribution in [0.5, 0.6) is 11.5 Å². The van der Waals surface area contributed by atoms with Crippen molar-refractivity contribution in [1.82, 2.24) is 4.31 Å². The van der Waals surface area contributed by atoms with Gasteiger partial charge >= 0.3 is 0 Å². The molecule has 0 saturated carbocycles. The van der Waals surface area contributed by atoms with E-state index in [1.54, 1.807) is 4.31 Å². The van der Waals surface area contributed by atoms with Gasteiger partial charge in [0.25, 0.3) is 0 Å². The zero-order chi connectivity index (χ0) is 23.0. The molecule has 9 heteroatoms. The van der Waals surface area contributed by atoms with Gasteiger partial charge in [-0.05, 0) is 60.7 Å². The van der Waals surface area contributed by atoms with E-state index in [4.69, 9.17) is 13.9 Å². The van der Waals surface area contributed by atoms with Crippen molar-refractivity contribution in [1.29, 1.82) is 0 Å². The number of hydrogen-bond acceptors (Lipinski definition) is 5. The first-order valence-electron chi connectivity index (χ1n) is 10.7. The average molecular weight is 533 g/mol. The van der Waals surface area contributed by atoms with Crippen molar-refractivity contribution in [3.05, 3.63) is 33.8 Å². The van der Waals surface area contributed by atoms with Crippen LogP contribution >= 0.6 is 15.9 Å². The van der Waals surface area contributed by atoms with Crippen LogP contribution in [0.1, 0.15) is 45.6 Å². The molecule has 1 atom stereocenters. The molecule has 6 nitrogen and oxygen atoms in total. The van der Waals surface area contributed by atoms with Gasteiger partial charge in [0.15, 0.2) is 19.8 Å². The van der Waals surface area contributed by atoms with Crippen LogP contribution in [0.15, 0.2) is 28.3 Å². The van der Waals surface area contributed by atoms with E-state index in [0.29, 0.717) is 18.1 Å². The predicted octanol–water partition coefficient (Wildman–Crippen LogP) is 5.44. The Bertz CT molecular complexity index is 955. The molecule has 0 N–H and O–H groups in total. The van der Waals surface area contributed by atoms with Gasteiger partial charge in [0, 0.05) is 17.1 Å². The average Bonchev–Trinajstić information content (AvgIpc) is 3.10. The number of ether oxygens (including phenoxy) is 2. The van der Waals surface area contributed by atoms with Crippen LogP contribution in [0.2, 0.25) is 18.1 Å². The molecule has 1 aromatic rings. The number of nitrogens with zero attached hydrogens (tertiary/aromatic N) is 1. The van der Waals surface area contributed by atoms with E-state index in [1.165, 1.54) is 6.26 Å². The summed E-state index contributed by atoms with van der Waals surface area (Å²) in [6.45, 7) is 12.0. The highest BCUT2D eigenvalue weighted by atomic mass is 79.9. The number of sulfonamides is 1. The first kappa shape index (κ1) is 24.8. The third-order valence-corrected chi connectivity index (χ3v) is 13.0. The first-order valence-corrected chi connectivity index (χ1v) is 16.2. The van der Waals surface area contributed by atoms with Crippen molar-refractivity contribution in [2.24, 2.45) is 0 Å². The molecule has 0 spiro atoms. The summed E-state index contributed by atoms with van der Waals surface area (Å²) in [5.41, 5.74) is 1.92. The second kappa shape index (κ2) is 9.17. The number of hydrogen-bond donors (Lipinski definition) is 0. The van der Waals surface area contributed by atoms with E-state index in [2.05, 4.69) is 55.9 Å². The van der Waals surface area contributed by atoms with Crippen molar-refractivity contribution in [2.75, 3.05) is 19.7 Å². The van der Waals surface area contributed by atoms with Crippen LogP contribution in [-0.2, 0) is 21.0 Å². The molecule has 0 aromatic heterocycles. The Hall–Kier alpha value is -0.873. The maximum atomic E-state index is 12.9. The Labute approximate surface area is 196 Å². The molecular weight excluding hydrogens is 498 g/mol. The maximum absolute atomic E-state index is 12.9. The molecule has 0 saturated heterocycles. The lowest BCUT2D eigenvalue weighted by molar-refractivity contribution is 0.174. The van der Waals surface area contributed by atoms with Gasteiger partial charge in [0.05, 0.1) is 12.9 Å². The Kier molecular flexibility index (Phi) is 7.33. The van der Waals surface area contributed by atoms with Crippen molar-refractivity contribution < 1.29 is 22.3 Å². The van der Waals surface area contributed by atoms with Crippen LogP contribution in [0, 0.1) is 0 Å². The van der Waals surface area contributed by atoms with E-state index >= 15 is 0 Å². The third kappa shape index (κ3) is 5.74. The van der Waals surface area contributed by atoms with Crippen molar-refractivity contribution in [3.8, 4) is 11.5 Å². The van der Waals surface area contributed by atoms with Crippen LogP contribution < -0.4 is 9.47 Å². The smallest absolute Gasteiger partial charge is 0.231 e. The molecule has 0 unspecified atom stereocenters. The largest absolute Gasteiger partial charge is 0.454 e. The van der Waals surface area contributed by atoms with Gasteiger partial charge in [-0.2, -0.15) is 4.31 Å². The lowest BCUT2D eigenvalue weighted by Crippen LogP contribution is -2.45. The third-order valence-electron chi connectivity index (χ3n) is 6.56. The summed E-state index contributed by atoms with van der Waals surface area (Å²) in [4.78, 5) is 0. The summed E-state index contributed by atoms with van der Waals surface area (Å²) >= 11 is 3.57. The topological polar surface area (TPSA) is 65.1 Å². The van der Waals surface area contributed by atoms with E-state index in [9.17, 15) is 8.42 Å². The molecular formula is C22H34BrNO5SSi. The number of allylic oxidation sites excluding steroid dienone is 1. The number of fused-ring (bicyclic) bond motifs is 1. The Morgan fingerprint density at radius 3 is 2.48 bits per heavy atom. The van der Waals surface area contributed by atoms with Crippen molar-refractivity contribution >= 4 is 34.3 Å². The monoisotopic (exact) mass is 531 g/mol. The number of benzene rings is 1. The fourth-order valence-electron chi connectivity index (χ4n) is 3.59. The van der Waals surface area contributed by atoms with E-state index in [-0.39, 0.29) is 24.4 Å². The van der Waals surface area contributed by atoms with Crippen LogP contribution in [0.3, 0.4) is 0 Å². The lowest BCUT2D eigenvalue weighted by Gasteiger charge is -2.39. The zero-order valence-electron chi connectivity index (χ0n) is 19.3. The summed E-state index contributed by atoms with van der Waals surface area (Å²) in [6, 6.07) is 3.50. The molecule has 31 heavy (non-hydrogen) atoms. The van der Waals surface area contributed by atoms with Gasteiger partial charge in [0.1, 0.15) is 0 Å². The second-order valence-corrected chi connectivity index (χ2v) is 17.5. The highest BCUT2D eigenvalue weighted by Crippen LogP contribution is 2.40. The summed E-state index contributed by atoms with van der Waals surface area (Å²) < 4.78 is 45.6. The normalized spacial score (nSPS) is 19.6. The van der Waals surface area contributed by atoms with Crippen molar-refractivity contribution in [3.63, 3.8) is 0 Å². The van der Waals surface area contributed by atoms with Crippen LogP contribution in [-0.4, -0.2) is 46.7 Å². The Balaban J connectivity index is 1.86. The highest BCUT2D eigenvalue weighted by molar-refractivity contribution is 9.10. The lowest BCUT2D eigenvalue weighted by atomic mass is 9.94.